The number of rotatable bonds is 2. The average Bonchev–Trinajstić information content (AvgIpc) is 2.03. The Balaban J connectivity index is 3.16. The highest BCUT2D eigenvalue weighted by Gasteiger charge is 2.27. The predicted octanol–water partition coefficient (Wildman–Crippen LogP) is 2.22. The van der Waals surface area contributed by atoms with Crippen LogP contribution in [0, 0.1) is 0 Å². The fourth-order valence-corrected chi connectivity index (χ4v) is 1.38. The molecule has 0 amide bonds. The number of aromatic hydroxyl groups is 1. The SMILES string of the molecule is CC(F)(CO)c1ccc(O)cc1Cl. The summed E-state index contributed by atoms with van der Waals surface area (Å²) in [5.41, 5.74) is -1.69. The number of hydrogen-bond acceptors (Lipinski definition) is 2. The van der Waals surface area contributed by atoms with Crippen molar-refractivity contribution in [1.29, 1.82) is 0 Å². The molecule has 2 nitrogen and oxygen atoms in total. The molecule has 4 heteroatoms. The van der Waals surface area contributed by atoms with Crippen molar-refractivity contribution in [3.8, 4) is 5.75 Å². The summed E-state index contributed by atoms with van der Waals surface area (Å²) < 4.78 is 13.5. The lowest BCUT2D eigenvalue weighted by molar-refractivity contribution is 0.0868. The van der Waals surface area contributed by atoms with Crippen molar-refractivity contribution in [2.24, 2.45) is 0 Å². The van der Waals surface area contributed by atoms with Gasteiger partial charge in [-0.3, -0.25) is 0 Å². The molecule has 1 aromatic rings. The Kier molecular flexibility index (Phi) is 2.78. The molecule has 0 aromatic heterocycles. The fourth-order valence-electron chi connectivity index (χ4n) is 1.01. The third-order valence-corrected chi connectivity index (χ3v) is 2.12. The van der Waals surface area contributed by atoms with E-state index in [1.54, 1.807) is 0 Å². The number of phenolic OH excluding ortho intramolecular Hbond substituents is 1. The molecule has 1 rings (SSSR count). The molecule has 0 aliphatic carbocycles. The van der Waals surface area contributed by atoms with Crippen LogP contribution in [0.15, 0.2) is 18.2 Å². The van der Waals surface area contributed by atoms with E-state index in [0.717, 1.165) is 0 Å². The van der Waals surface area contributed by atoms with E-state index < -0.39 is 12.3 Å². The quantitative estimate of drug-likeness (QED) is 0.776. The second-order valence-corrected chi connectivity index (χ2v) is 3.43. The predicted molar refractivity (Wildman–Crippen MR) is 48.7 cm³/mol. The number of phenols is 1. The third-order valence-electron chi connectivity index (χ3n) is 1.81. The Bertz CT molecular complexity index is 312. The fraction of sp³-hybridized carbons (Fsp3) is 0.333. The molecule has 0 saturated heterocycles. The van der Waals surface area contributed by atoms with Gasteiger partial charge in [0.05, 0.1) is 11.6 Å². The van der Waals surface area contributed by atoms with E-state index in [2.05, 4.69) is 0 Å². The van der Waals surface area contributed by atoms with E-state index in [4.69, 9.17) is 21.8 Å². The van der Waals surface area contributed by atoms with Crippen molar-refractivity contribution in [3.05, 3.63) is 28.8 Å². The number of alkyl halides is 1. The number of halogens is 2. The molecular formula is C9H10ClFO2. The first-order valence-corrected chi connectivity index (χ1v) is 4.14. The van der Waals surface area contributed by atoms with E-state index in [-0.39, 0.29) is 16.3 Å². The summed E-state index contributed by atoms with van der Waals surface area (Å²) >= 11 is 5.68. The van der Waals surface area contributed by atoms with Gasteiger partial charge >= 0.3 is 0 Å². The van der Waals surface area contributed by atoms with E-state index in [1.807, 2.05) is 0 Å². The van der Waals surface area contributed by atoms with E-state index in [1.165, 1.54) is 25.1 Å². The largest absolute Gasteiger partial charge is 0.508 e. The second kappa shape index (κ2) is 3.52. The summed E-state index contributed by atoms with van der Waals surface area (Å²) in [6.45, 7) is 0.586. The van der Waals surface area contributed by atoms with Crippen molar-refractivity contribution in [1.82, 2.24) is 0 Å². The smallest absolute Gasteiger partial charge is 0.157 e. The molecule has 2 N–H and O–H groups in total. The molecule has 1 aromatic carbocycles. The minimum Gasteiger partial charge on any atom is -0.508 e. The maximum absolute atomic E-state index is 13.5. The third kappa shape index (κ3) is 2.11. The van der Waals surface area contributed by atoms with Crippen molar-refractivity contribution in [3.63, 3.8) is 0 Å². The summed E-state index contributed by atoms with van der Waals surface area (Å²) in [7, 11) is 0. The van der Waals surface area contributed by atoms with Gasteiger partial charge in [0.2, 0.25) is 0 Å². The van der Waals surface area contributed by atoms with Gasteiger partial charge in [0, 0.05) is 5.56 Å². The summed E-state index contributed by atoms with van der Waals surface area (Å²) in [6.07, 6.45) is 0. The van der Waals surface area contributed by atoms with Crippen LogP contribution in [0.4, 0.5) is 4.39 Å². The normalized spacial score (nSPS) is 15.4. The maximum atomic E-state index is 13.5. The second-order valence-electron chi connectivity index (χ2n) is 3.02. The molecule has 0 radical (unpaired) electrons. The number of hydrogen-bond donors (Lipinski definition) is 2. The molecule has 0 saturated carbocycles. The molecule has 72 valence electrons. The Morgan fingerprint density at radius 3 is 2.62 bits per heavy atom. The average molecular weight is 205 g/mol. The van der Waals surface area contributed by atoms with Crippen LogP contribution in [0.2, 0.25) is 5.02 Å². The van der Waals surface area contributed by atoms with Crippen molar-refractivity contribution in [2.45, 2.75) is 12.6 Å². The molecular weight excluding hydrogens is 195 g/mol. The lowest BCUT2D eigenvalue weighted by Crippen LogP contribution is -2.20. The molecule has 1 atom stereocenters. The zero-order chi connectivity index (χ0) is 10.1. The Morgan fingerprint density at radius 2 is 2.15 bits per heavy atom. The molecule has 0 spiro atoms. The topological polar surface area (TPSA) is 40.5 Å². The minimum absolute atomic E-state index is 0.0255. The molecule has 1 unspecified atom stereocenters. The zero-order valence-corrected chi connectivity index (χ0v) is 7.85. The van der Waals surface area contributed by atoms with Crippen LogP contribution in [-0.2, 0) is 5.67 Å². The van der Waals surface area contributed by atoms with E-state index >= 15 is 0 Å². The minimum atomic E-state index is -1.87. The maximum Gasteiger partial charge on any atom is 0.157 e. The van der Waals surface area contributed by atoms with E-state index in [9.17, 15) is 4.39 Å². The number of benzene rings is 1. The number of aliphatic hydroxyl groups is 1. The lowest BCUT2D eigenvalue weighted by Gasteiger charge is -2.18. The van der Waals surface area contributed by atoms with Crippen LogP contribution < -0.4 is 0 Å². The van der Waals surface area contributed by atoms with Crippen LogP contribution in [0.5, 0.6) is 5.75 Å². The first-order valence-electron chi connectivity index (χ1n) is 3.76. The monoisotopic (exact) mass is 204 g/mol. The van der Waals surface area contributed by atoms with Crippen LogP contribution >= 0.6 is 11.6 Å². The van der Waals surface area contributed by atoms with Gasteiger partial charge in [-0.1, -0.05) is 17.7 Å². The zero-order valence-electron chi connectivity index (χ0n) is 7.09. The molecule has 0 bridgehead atoms. The molecule has 0 fully saturated rings. The first-order chi connectivity index (χ1) is 5.97. The van der Waals surface area contributed by atoms with Gasteiger partial charge in [-0.2, -0.15) is 0 Å². The summed E-state index contributed by atoms with van der Waals surface area (Å²) in [6, 6.07) is 3.92. The Hall–Kier alpha value is -0.800. The van der Waals surface area contributed by atoms with Crippen LogP contribution in [0.25, 0.3) is 0 Å². The standard InChI is InChI=1S/C9H10ClFO2/c1-9(11,5-12)7-3-2-6(13)4-8(7)10/h2-4,12-13H,5H2,1H3. The van der Waals surface area contributed by atoms with Gasteiger partial charge in [-0.15, -0.1) is 0 Å². The van der Waals surface area contributed by atoms with Gasteiger partial charge in [-0.05, 0) is 19.1 Å². The van der Waals surface area contributed by atoms with Crippen molar-refractivity contribution >= 4 is 11.6 Å². The van der Waals surface area contributed by atoms with E-state index in [0.29, 0.717) is 0 Å². The van der Waals surface area contributed by atoms with Gasteiger partial charge in [-0.25, -0.2) is 4.39 Å². The highest BCUT2D eigenvalue weighted by molar-refractivity contribution is 6.31. The summed E-state index contributed by atoms with van der Waals surface area (Å²) in [5.74, 6) is -0.0255. The van der Waals surface area contributed by atoms with Gasteiger partial charge < -0.3 is 10.2 Å². The molecule has 0 aliphatic heterocycles. The highest BCUT2D eigenvalue weighted by Crippen LogP contribution is 2.32. The summed E-state index contributed by atoms with van der Waals surface area (Å²) in [4.78, 5) is 0. The van der Waals surface area contributed by atoms with Gasteiger partial charge in [0.15, 0.2) is 5.67 Å². The van der Waals surface area contributed by atoms with Crippen molar-refractivity contribution in [2.75, 3.05) is 6.61 Å². The van der Waals surface area contributed by atoms with Crippen LogP contribution in [-0.4, -0.2) is 16.8 Å². The van der Waals surface area contributed by atoms with Crippen LogP contribution in [0.3, 0.4) is 0 Å². The summed E-state index contributed by atoms with van der Waals surface area (Å²) in [5, 5.41) is 17.9. The van der Waals surface area contributed by atoms with Gasteiger partial charge in [0.1, 0.15) is 5.75 Å². The lowest BCUT2D eigenvalue weighted by atomic mass is 9.99. The number of aliphatic hydroxyl groups excluding tert-OH is 1. The van der Waals surface area contributed by atoms with Gasteiger partial charge in [0.25, 0.3) is 0 Å². The highest BCUT2D eigenvalue weighted by atomic mass is 35.5. The molecule has 13 heavy (non-hydrogen) atoms. The van der Waals surface area contributed by atoms with Crippen LogP contribution in [0.1, 0.15) is 12.5 Å². The Morgan fingerprint density at radius 1 is 1.54 bits per heavy atom. The Labute approximate surface area is 80.6 Å². The molecule has 0 aliphatic rings. The first kappa shape index (κ1) is 10.3. The molecule has 0 heterocycles. The van der Waals surface area contributed by atoms with Crippen molar-refractivity contribution < 1.29 is 14.6 Å².